The molecule has 0 amide bonds. The third-order valence-corrected chi connectivity index (χ3v) is 2.47. The zero-order valence-electron chi connectivity index (χ0n) is 7.34. The predicted molar refractivity (Wildman–Crippen MR) is 45.5 cm³/mol. The molecule has 2 rings (SSSR count). The standard InChI is InChI=1S/C10H12FN/c1-6-3-9(11)10(12-5-6)8-4-7(8)2/h3,5,7-8H,4H2,1-2H3. The summed E-state index contributed by atoms with van der Waals surface area (Å²) < 4.78 is 13.3. The summed E-state index contributed by atoms with van der Waals surface area (Å²) in [6.07, 6.45) is 2.83. The van der Waals surface area contributed by atoms with Gasteiger partial charge in [0.2, 0.25) is 0 Å². The largest absolute Gasteiger partial charge is 0.258 e. The van der Waals surface area contributed by atoms with Crippen molar-refractivity contribution in [1.82, 2.24) is 4.98 Å². The van der Waals surface area contributed by atoms with Crippen LogP contribution in [-0.4, -0.2) is 4.98 Å². The first-order valence-corrected chi connectivity index (χ1v) is 4.30. The molecule has 1 aliphatic rings. The maximum absolute atomic E-state index is 13.3. The number of halogens is 1. The number of aryl methyl sites for hydroxylation is 1. The van der Waals surface area contributed by atoms with Crippen molar-refractivity contribution in [2.75, 3.05) is 0 Å². The first-order chi connectivity index (χ1) is 5.68. The highest BCUT2D eigenvalue weighted by Crippen LogP contribution is 2.46. The van der Waals surface area contributed by atoms with Crippen LogP contribution in [0.25, 0.3) is 0 Å². The summed E-state index contributed by atoms with van der Waals surface area (Å²) >= 11 is 0. The molecule has 1 aliphatic carbocycles. The SMILES string of the molecule is Cc1cnc(C2CC2C)c(F)c1. The van der Waals surface area contributed by atoms with Gasteiger partial charge >= 0.3 is 0 Å². The van der Waals surface area contributed by atoms with Gasteiger partial charge in [-0.1, -0.05) is 6.92 Å². The Labute approximate surface area is 71.6 Å². The van der Waals surface area contributed by atoms with Gasteiger partial charge in [0, 0.05) is 12.1 Å². The van der Waals surface area contributed by atoms with Gasteiger partial charge in [0.1, 0.15) is 5.82 Å². The number of nitrogens with zero attached hydrogens (tertiary/aromatic N) is 1. The van der Waals surface area contributed by atoms with Crippen molar-refractivity contribution in [1.29, 1.82) is 0 Å². The van der Waals surface area contributed by atoms with E-state index in [-0.39, 0.29) is 5.82 Å². The third kappa shape index (κ3) is 1.22. The number of hydrogen-bond donors (Lipinski definition) is 0. The molecule has 1 fully saturated rings. The van der Waals surface area contributed by atoms with Gasteiger partial charge in [0.25, 0.3) is 0 Å². The minimum Gasteiger partial charge on any atom is -0.258 e. The van der Waals surface area contributed by atoms with Gasteiger partial charge in [-0.15, -0.1) is 0 Å². The van der Waals surface area contributed by atoms with Crippen LogP contribution in [0.5, 0.6) is 0 Å². The average molecular weight is 165 g/mol. The Morgan fingerprint density at radius 1 is 1.58 bits per heavy atom. The molecule has 0 saturated heterocycles. The van der Waals surface area contributed by atoms with Crippen molar-refractivity contribution < 1.29 is 4.39 Å². The fourth-order valence-electron chi connectivity index (χ4n) is 1.52. The van der Waals surface area contributed by atoms with E-state index in [9.17, 15) is 4.39 Å². The zero-order valence-corrected chi connectivity index (χ0v) is 7.34. The van der Waals surface area contributed by atoms with Crippen molar-refractivity contribution in [3.63, 3.8) is 0 Å². The van der Waals surface area contributed by atoms with Crippen LogP contribution in [0.2, 0.25) is 0 Å². The molecule has 0 bridgehead atoms. The van der Waals surface area contributed by atoms with Gasteiger partial charge in [-0.25, -0.2) is 4.39 Å². The Hall–Kier alpha value is -0.920. The van der Waals surface area contributed by atoms with Crippen LogP contribution in [0.15, 0.2) is 12.3 Å². The van der Waals surface area contributed by atoms with Gasteiger partial charge in [0.05, 0.1) is 5.69 Å². The topological polar surface area (TPSA) is 12.9 Å². The molecule has 1 aromatic rings. The molecular weight excluding hydrogens is 153 g/mol. The number of pyridine rings is 1. The molecule has 2 atom stereocenters. The molecule has 64 valence electrons. The summed E-state index contributed by atoms with van der Waals surface area (Å²) in [5.74, 6) is 0.865. The summed E-state index contributed by atoms with van der Waals surface area (Å²) in [5, 5.41) is 0. The monoisotopic (exact) mass is 165 g/mol. The summed E-state index contributed by atoms with van der Waals surface area (Å²) in [6, 6.07) is 1.56. The molecule has 2 heteroatoms. The highest BCUT2D eigenvalue weighted by Gasteiger charge is 2.37. The third-order valence-electron chi connectivity index (χ3n) is 2.47. The summed E-state index contributed by atoms with van der Waals surface area (Å²) in [5.41, 5.74) is 1.55. The van der Waals surface area contributed by atoms with Crippen LogP contribution < -0.4 is 0 Å². The van der Waals surface area contributed by atoms with Crippen LogP contribution in [-0.2, 0) is 0 Å². The van der Waals surface area contributed by atoms with E-state index in [2.05, 4.69) is 11.9 Å². The maximum Gasteiger partial charge on any atom is 0.145 e. The van der Waals surface area contributed by atoms with Crippen LogP contribution in [0, 0.1) is 18.7 Å². The molecule has 0 radical (unpaired) electrons. The van der Waals surface area contributed by atoms with Gasteiger partial charge in [0.15, 0.2) is 0 Å². The fourth-order valence-corrected chi connectivity index (χ4v) is 1.52. The molecule has 2 unspecified atom stereocenters. The lowest BCUT2D eigenvalue weighted by atomic mass is 10.2. The normalized spacial score (nSPS) is 27.2. The molecule has 1 nitrogen and oxygen atoms in total. The maximum atomic E-state index is 13.3. The lowest BCUT2D eigenvalue weighted by Gasteiger charge is -2.00. The predicted octanol–water partition coefficient (Wildman–Crippen LogP) is 2.65. The van der Waals surface area contributed by atoms with E-state index in [1.807, 2.05) is 6.92 Å². The fraction of sp³-hybridized carbons (Fsp3) is 0.500. The van der Waals surface area contributed by atoms with Crippen LogP contribution in [0.4, 0.5) is 4.39 Å². The van der Waals surface area contributed by atoms with Crippen LogP contribution in [0.1, 0.15) is 30.5 Å². The Balaban J connectivity index is 2.33. The van der Waals surface area contributed by atoms with Gasteiger partial charge in [-0.2, -0.15) is 0 Å². The molecule has 12 heavy (non-hydrogen) atoms. The second-order valence-electron chi connectivity index (χ2n) is 3.70. The lowest BCUT2D eigenvalue weighted by molar-refractivity contribution is 0.594. The average Bonchev–Trinajstić information content (AvgIpc) is 2.66. The van der Waals surface area contributed by atoms with Crippen molar-refractivity contribution in [3.05, 3.63) is 29.3 Å². The second kappa shape index (κ2) is 2.54. The number of aromatic nitrogens is 1. The minimum atomic E-state index is -0.135. The molecule has 0 N–H and O–H groups in total. The Kier molecular flexibility index (Phi) is 1.63. The first kappa shape index (κ1) is 7.71. The van der Waals surface area contributed by atoms with Crippen LogP contribution >= 0.6 is 0 Å². The summed E-state index contributed by atoms with van der Waals surface area (Å²) in [6.45, 7) is 3.99. The van der Waals surface area contributed by atoms with Gasteiger partial charge in [-0.05, 0) is 30.9 Å². The molecule has 1 heterocycles. The van der Waals surface area contributed by atoms with Gasteiger partial charge < -0.3 is 0 Å². The van der Waals surface area contributed by atoms with E-state index >= 15 is 0 Å². The van der Waals surface area contributed by atoms with Crippen molar-refractivity contribution in [2.45, 2.75) is 26.2 Å². The summed E-state index contributed by atoms with van der Waals surface area (Å²) in [7, 11) is 0. The number of hydrogen-bond acceptors (Lipinski definition) is 1. The van der Waals surface area contributed by atoms with E-state index in [0.29, 0.717) is 17.5 Å². The molecule has 0 aliphatic heterocycles. The number of rotatable bonds is 1. The van der Waals surface area contributed by atoms with Crippen molar-refractivity contribution in [2.24, 2.45) is 5.92 Å². The van der Waals surface area contributed by atoms with Crippen LogP contribution in [0.3, 0.4) is 0 Å². The second-order valence-corrected chi connectivity index (χ2v) is 3.70. The Bertz CT molecular complexity index is 309. The molecule has 0 spiro atoms. The molecule has 0 aromatic carbocycles. The summed E-state index contributed by atoms with van der Waals surface area (Å²) in [4.78, 5) is 4.12. The highest BCUT2D eigenvalue weighted by atomic mass is 19.1. The smallest absolute Gasteiger partial charge is 0.145 e. The van der Waals surface area contributed by atoms with E-state index in [1.165, 1.54) is 0 Å². The minimum absolute atomic E-state index is 0.135. The molecule has 1 saturated carbocycles. The van der Waals surface area contributed by atoms with Crippen molar-refractivity contribution in [3.8, 4) is 0 Å². The Morgan fingerprint density at radius 2 is 2.25 bits per heavy atom. The van der Waals surface area contributed by atoms with E-state index in [4.69, 9.17) is 0 Å². The van der Waals surface area contributed by atoms with Gasteiger partial charge in [-0.3, -0.25) is 4.98 Å². The molecule has 1 aromatic heterocycles. The van der Waals surface area contributed by atoms with E-state index < -0.39 is 0 Å². The quantitative estimate of drug-likeness (QED) is 0.623. The lowest BCUT2D eigenvalue weighted by Crippen LogP contribution is -1.93. The zero-order chi connectivity index (χ0) is 8.72. The van der Waals surface area contributed by atoms with Crippen molar-refractivity contribution >= 4 is 0 Å². The first-order valence-electron chi connectivity index (χ1n) is 4.30. The Morgan fingerprint density at radius 3 is 2.75 bits per heavy atom. The van der Waals surface area contributed by atoms with E-state index in [1.54, 1.807) is 12.3 Å². The highest BCUT2D eigenvalue weighted by molar-refractivity contribution is 5.22. The van der Waals surface area contributed by atoms with E-state index in [0.717, 1.165) is 12.0 Å². The molecular formula is C10H12FN.